The molecule has 1 aromatic carbocycles. The lowest BCUT2D eigenvalue weighted by atomic mass is 9.96. The highest BCUT2D eigenvalue weighted by atomic mass is 79.9. The molecule has 0 saturated carbocycles. The number of hydrogen-bond acceptors (Lipinski definition) is 2. The summed E-state index contributed by atoms with van der Waals surface area (Å²) in [5, 5.41) is 3.63. The molecule has 1 unspecified atom stereocenters. The summed E-state index contributed by atoms with van der Waals surface area (Å²) in [5.41, 5.74) is 3.90. The molecule has 0 fully saturated rings. The van der Waals surface area contributed by atoms with Crippen LogP contribution < -0.4 is 5.32 Å². The van der Waals surface area contributed by atoms with Gasteiger partial charge in [0.25, 0.3) is 0 Å². The van der Waals surface area contributed by atoms with Gasteiger partial charge in [0.15, 0.2) is 0 Å². The van der Waals surface area contributed by atoms with Crippen molar-refractivity contribution in [2.24, 2.45) is 0 Å². The van der Waals surface area contributed by atoms with Gasteiger partial charge in [-0.25, -0.2) is 0 Å². The van der Waals surface area contributed by atoms with E-state index >= 15 is 0 Å². The van der Waals surface area contributed by atoms with E-state index in [0.717, 1.165) is 23.9 Å². The molecule has 1 aromatic heterocycles. The van der Waals surface area contributed by atoms with Crippen molar-refractivity contribution >= 4 is 15.9 Å². The topological polar surface area (TPSA) is 25.2 Å². The standard InChI is InChI=1S/C16H20BrNO/c1-3-7-18-16(9-13-6-8-19-11-13)15-10-14(17)5-4-12(15)2/h4-6,8,10-11,16,18H,3,7,9H2,1-2H3. The minimum Gasteiger partial charge on any atom is -0.472 e. The van der Waals surface area contributed by atoms with Gasteiger partial charge in [-0.05, 0) is 61.2 Å². The maximum Gasteiger partial charge on any atom is 0.0935 e. The molecule has 19 heavy (non-hydrogen) atoms. The molecule has 1 N–H and O–H groups in total. The second-order valence-electron chi connectivity index (χ2n) is 4.84. The van der Waals surface area contributed by atoms with Crippen LogP contribution in [0.2, 0.25) is 0 Å². The Morgan fingerprint density at radius 3 is 2.84 bits per heavy atom. The number of nitrogens with one attached hydrogen (secondary N) is 1. The van der Waals surface area contributed by atoms with Gasteiger partial charge in [-0.2, -0.15) is 0 Å². The molecule has 3 heteroatoms. The van der Waals surface area contributed by atoms with Crippen molar-refractivity contribution in [3.8, 4) is 0 Å². The van der Waals surface area contributed by atoms with Crippen LogP contribution in [0, 0.1) is 6.92 Å². The Bertz CT molecular complexity index is 507. The predicted octanol–water partition coefficient (Wildman–Crippen LogP) is 4.63. The highest BCUT2D eigenvalue weighted by molar-refractivity contribution is 9.10. The molecular formula is C16H20BrNO. The number of furan rings is 1. The van der Waals surface area contributed by atoms with Crippen LogP contribution in [0.1, 0.15) is 36.1 Å². The molecule has 0 spiro atoms. The van der Waals surface area contributed by atoms with E-state index < -0.39 is 0 Å². The SMILES string of the molecule is CCCNC(Cc1ccoc1)c1cc(Br)ccc1C. The van der Waals surface area contributed by atoms with E-state index in [9.17, 15) is 0 Å². The Morgan fingerprint density at radius 1 is 1.32 bits per heavy atom. The first-order chi connectivity index (χ1) is 9.20. The lowest BCUT2D eigenvalue weighted by Crippen LogP contribution is -2.24. The van der Waals surface area contributed by atoms with Crippen molar-refractivity contribution in [2.45, 2.75) is 32.7 Å². The minimum atomic E-state index is 0.329. The average Bonchev–Trinajstić information content (AvgIpc) is 2.90. The highest BCUT2D eigenvalue weighted by Gasteiger charge is 2.14. The van der Waals surface area contributed by atoms with Gasteiger partial charge in [-0.3, -0.25) is 0 Å². The molecule has 1 heterocycles. The van der Waals surface area contributed by atoms with Crippen LogP contribution >= 0.6 is 15.9 Å². The zero-order chi connectivity index (χ0) is 13.7. The van der Waals surface area contributed by atoms with Crippen LogP contribution in [-0.4, -0.2) is 6.54 Å². The quantitative estimate of drug-likeness (QED) is 0.838. The fourth-order valence-electron chi connectivity index (χ4n) is 2.24. The van der Waals surface area contributed by atoms with Gasteiger partial charge in [0.1, 0.15) is 0 Å². The zero-order valence-electron chi connectivity index (χ0n) is 11.4. The molecule has 0 aliphatic rings. The normalized spacial score (nSPS) is 12.6. The second kappa shape index (κ2) is 6.92. The predicted molar refractivity (Wildman–Crippen MR) is 82.3 cm³/mol. The van der Waals surface area contributed by atoms with Crippen molar-refractivity contribution in [1.82, 2.24) is 5.32 Å². The summed E-state index contributed by atoms with van der Waals surface area (Å²) in [6.45, 7) is 5.38. The van der Waals surface area contributed by atoms with Crippen LogP contribution in [0.4, 0.5) is 0 Å². The molecule has 0 aliphatic carbocycles. The van der Waals surface area contributed by atoms with Gasteiger partial charge in [-0.1, -0.05) is 28.9 Å². The second-order valence-corrected chi connectivity index (χ2v) is 5.76. The Labute approximate surface area is 123 Å². The highest BCUT2D eigenvalue weighted by Crippen LogP contribution is 2.25. The summed E-state index contributed by atoms with van der Waals surface area (Å²) in [5.74, 6) is 0. The lowest BCUT2D eigenvalue weighted by molar-refractivity contribution is 0.518. The third-order valence-corrected chi connectivity index (χ3v) is 3.77. The van der Waals surface area contributed by atoms with Gasteiger partial charge in [-0.15, -0.1) is 0 Å². The van der Waals surface area contributed by atoms with Crippen LogP contribution in [0.3, 0.4) is 0 Å². The molecule has 1 atom stereocenters. The molecule has 2 rings (SSSR count). The summed E-state index contributed by atoms with van der Waals surface area (Å²) in [6, 6.07) is 8.83. The van der Waals surface area contributed by atoms with E-state index in [2.05, 4.69) is 53.3 Å². The lowest BCUT2D eigenvalue weighted by Gasteiger charge is -2.20. The molecule has 0 amide bonds. The monoisotopic (exact) mass is 321 g/mol. The Kier molecular flexibility index (Phi) is 5.23. The number of benzene rings is 1. The molecule has 2 nitrogen and oxygen atoms in total. The van der Waals surface area contributed by atoms with Gasteiger partial charge >= 0.3 is 0 Å². The van der Waals surface area contributed by atoms with Crippen molar-refractivity contribution < 1.29 is 4.42 Å². The molecule has 102 valence electrons. The van der Waals surface area contributed by atoms with Crippen LogP contribution in [0.5, 0.6) is 0 Å². The number of rotatable bonds is 6. The van der Waals surface area contributed by atoms with Crippen molar-refractivity contribution in [3.05, 3.63) is 58.0 Å². The third kappa shape index (κ3) is 3.95. The Morgan fingerprint density at radius 2 is 2.16 bits per heavy atom. The number of aryl methyl sites for hydroxylation is 1. The van der Waals surface area contributed by atoms with Crippen molar-refractivity contribution in [1.29, 1.82) is 0 Å². The molecule has 2 aromatic rings. The van der Waals surface area contributed by atoms with Gasteiger partial charge in [0.05, 0.1) is 12.5 Å². The molecule has 0 radical (unpaired) electrons. The summed E-state index contributed by atoms with van der Waals surface area (Å²) in [6.07, 6.45) is 5.65. The molecule has 0 saturated heterocycles. The van der Waals surface area contributed by atoms with Gasteiger partial charge in [0.2, 0.25) is 0 Å². The molecule has 0 bridgehead atoms. The van der Waals surface area contributed by atoms with E-state index in [1.807, 2.05) is 12.3 Å². The van der Waals surface area contributed by atoms with Gasteiger partial charge < -0.3 is 9.73 Å². The fourth-order valence-corrected chi connectivity index (χ4v) is 2.62. The first kappa shape index (κ1) is 14.4. The number of hydrogen-bond donors (Lipinski definition) is 1. The maximum atomic E-state index is 5.17. The summed E-state index contributed by atoms with van der Waals surface area (Å²) in [4.78, 5) is 0. The first-order valence-corrected chi connectivity index (χ1v) is 7.50. The van der Waals surface area contributed by atoms with E-state index in [0.29, 0.717) is 6.04 Å². The summed E-state index contributed by atoms with van der Waals surface area (Å²) in [7, 11) is 0. The Balaban J connectivity index is 2.23. The molecular weight excluding hydrogens is 302 g/mol. The summed E-state index contributed by atoms with van der Waals surface area (Å²) < 4.78 is 6.30. The van der Waals surface area contributed by atoms with E-state index in [4.69, 9.17) is 4.42 Å². The first-order valence-electron chi connectivity index (χ1n) is 6.71. The van der Waals surface area contributed by atoms with Crippen LogP contribution in [0.15, 0.2) is 45.7 Å². The van der Waals surface area contributed by atoms with E-state index in [1.165, 1.54) is 16.7 Å². The fraction of sp³-hybridized carbons (Fsp3) is 0.375. The number of halogens is 1. The van der Waals surface area contributed by atoms with Gasteiger partial charge in [0, 0.05) is 10.5 Å². The van der Waals surface area contributed by atoms with Crippen LogP contribution in [-0.2, 0) is 6.42 Å². The molecule has 0 aliphatic heterocycles. The summed E-state index contributed by atoms with van der Waals surface area (Å²) >= 11 is 3.56. The minimum absolute atomic E-state index is 0.329. The van der Waals surface area contributed by atoms with Crippen molar-refractivity contribution in [3.63, 3.8) is 0 Å². The average molecular weight is 322 g/mol. The maximum absolute atomic E-state index is 5.17. The van der Waals surface area contributed by atoms with Crippen molar-refractivity contribution in [2.75, 3.05) is 6.54 Å². The zero-order valence-corrected chi connectivity index (χ0v) is 13.0. The third-order valence-electron chi connectivity index (χ3n) is 3.28. The van der Waals surface area contributed by atoms with Crippen LogP contribution in [0.25, 0.3) is 0 Å². The van der Waals surface area contributed by atoms with E-state index in [1.54, 1.807) is 6.26 Å². The largest absolute Gasteiger partial charge is 0.472 e. The Hall–Kier alpha value is -1.06. The smallest absolute Gasteiger partial charge is 0.0935 e. The van der Waals surface area contributed by atoms with E-state index in [-0.39, 0.29) is 0 Å².